The van der Waals surface area contributed by atoms with Gasteiger partial charge in [0, 0.05) is 0 Å². The number of halogens is 2. The maximum absolute atomic E-state index is 13.6. The molecule has 1 aromatic carbocycles. The van der Waals surface area contributed by atoms with Crippen molar-refractivity contribution in [1.29, 1.82) is 0 Å². The molecule has 0 aliphatic heterocycles. The summed E-state index contributed by atoms with van der Waals surface area (Å²) >= 11 is 0. The fourth-order valence-corrected chi connectivity index (χ4v) is 1.34. The molecule has 2 N–H and O–H groups in total. The van der Waals surface area contributed by atoms with Crippen molar-refractivity contribution in [1.82, 2.24) is 0 Å². The van der Waals surface area contributed by atoms with Crippen LogP contribution in [0, 0.1) is 6.92 Å². The van der Waals surface area contributed by atoms with Gasteiger partial charge in [-0.2, -0.15) is 8.78 Å². The lowest BCUT2D eigenvalue weighted by Crippen LogP contribution is -2.41. The maximum Gasteiger partial charge on any atom is 0.379 e. The molecule has 17 heavy (non-hydrogen) atoms. The molecule has 0 aliphatic carbocycles. The molecule has 1 aromatic rings. The second kappa shape index (κ2) is 5.23. The van der Waals surface area contributed by atoms with Gasteiger partial charge in [-0.25, -0.2) is 4.79 Å². The van der Waals surface area contributed by atoms with Gasteiger partial charge in [0.2, 0.25) is 0 Å². The Morgan fingerprint density at radius 3 is 2.41 bits per heavy atom. The molecular weight excluding hydrogens is 228 g/mol. The van der Waals surface area contributed by atoms with E-state index in [1.165, 1.54) is 19.1 Å². The van der Waals surface area contributed by atoms with Crippen LogP contribution in [0.2, 0.25) is 0 Å². The molecule has 0 spiro atoms. The van der Waals surface area contributed by atoms with Crippen LogP contribution >= 0.6 is 0 Å². The van der Waals surface area contributed by atoms with Crippen molar-refractivity contribution in [2.45, 2.75) is 25.8 Å². The van der Waals surface area contributed by atoms with E-state index in [0.29, 0.717) is 0 Å². The van der Waals surface area contributed by atoms with E-state index in [1.54, 1.807) is 12.1 Å². The number of hydrogen-bond donors (Lipinski definition) is 1. The van der Waals surface area contributed by atoms with Crippen LogP contribution in [0.4, 0.5) is 8.78 Å². The largest absolute Gasteiger partial charge is 0.462 e. The van der Waals surface area contributed by atoms with Gasteiger partial charge in [-0.15, -0.1) is 0 Å². The van der Waals surface area contributed by atoms with Crippen molar-refractivity contribution in [3.8, 4) is 0 Å². The summed E-state index contributed by atoms with van der Waals surface area (Å²) in [5.41, 5.74) is 6.54. The molecule has 0 saturated carbocycles. The van der Waals surface area contributed by atoms with E-state index in [0.717, 1.165) is 5.56 Å². The third kappa shape index (κ3) is 3.00. The van der Waals surface area contributed by atoms with E-state index in [1.807, 2.05) is 6.92 Å². The first-order valence-electron chi connectivity index (χ1n) is 5.26. The Hall–Kier alpha value is -1.49. The summed E-state index contributed by atoms with van der Waals surface area (Å²) in [5.74, 6) is -5.31. The third-order valence-electron chi connectivity index (χ3n) is 2.37. The molecule has 3 nitrogen and oxygen atoms in total. The van der Waals surface area contributed by atoms with Crippen molar-refractivity contribution >= 4 is 5.97 Å². The molecule has 0 aliphatic rings. The normalized spacial score (nSPS) is 13.2. The standard InChI is InChI=1S/C12H15F2NO2/c1-3-17-11(16)12(13,14)10(15)9-6-4-8(2)5-7-9/h4-7,10H,3,15H2,1-2H3/t10-/m0/s1. The lowest BCUT2D eigenvalue weighted by atomic mass is 10.0. The number of carbonyl (C=O) groups is 1. The Morgan fingerprint density at radius 1 is 1.41 bits per heavy atom. The molecule has 0 bridgehead atoms. The topological polar surface area (TPSA) is 52.3 Å². The lowest BCUT2D eigenvalue weighted by Gasteiger charge is -2.21. The second-order valence-electron chi connectivity index (χ2n) is 3.73. The molecule has 0 unspecified atom stereocenters. The Balaban J connectivity index is 2.91. The van der Waals surface area contributed by atoms with Crippen molar-refractivity contribution < 1.29 is 18.3 Å². The number of alkyl halides is 2. The van der Waals surface area contributed by atoms with E-state index < -0.39 is 17.9 Å². The number of carbonyl (C=O) groups excluding carboxylic acids is 1. The summed E-state index contributed by atoms with van der Waals surface area (Å²) in [6.07, 6.45) is 0. The highest BCUT2D eigenvalue weighted by atomic mass is 19.3. The van der Waals surface area contributed by atoms with Gasteiger partial charge in [0.15, 0.2) is 0 Å². The molecule has 1 rings (SSSR count). The first kappa shape index (κ1) is 13.6. The van der Waals surface area contributed by atoms with E-state index in [-0.39, 0.29) is 12.2 Å². The summed E-state index contributed by atoms with van der Waals surface area (Å²) in [6.45, 7) is 3.19. The average Bonchev–Trinajstić information content (AvgIpc) is 2.29. The molecule has 5 heteroatoms. The summed E-state index contributed by atoms with van der Waals surface area (Å²) in [5, 5.41) is 0. The van der Waals surface area contributed by atoms with Crippen LogP contribution in [0.1, 0.15) is 24.1 Å². The molecular formula is C12H15F2NO2. The highest BCUT2D eigenvalue weighted by molar-refractivity contribution is 5.78. The molecule has 0 aromatic heterocycles. The van der Waals surface area contributed by atoms with Gasteiger partial charge in [-0.1, -0.05) is 29.8 Å². The number of nitrogens with two attached hydrogens (primary N) is 1. The zero-order valence-corrected chi connectivity index (χ0v) is 9.74. The smallest absolute Gasteiger partial charge is 0.379 e. The van der Waals surface area contributed by atoms with E-state index >= 15 is 0 Å². The maximum atomic E-state index is 13.6. The summed E-state index contributed by atoms with van der Waals surface area (Å²) < 4.78 is 31.5. The van der Waals surface area contributed by atoms with Gasteiger partial charge >= 0.3 is 11.9 Å². The van der Waals surface area contributed by atoms with E-state index in [4.69, 9.17) is 5.73 Å². The van der Waals surface area contributed by atoms with Gasteiger partial charge in [0.1, 0.15) is 6.04 Å². The summed E-state index contributed by atoms with van der Waals surface area (Å²) in [7, 11) is 0. The van der Waals surface area contributed by atoms with E-state index in [9.17, 15) is 13.6 Å². The van der Waals surface area contributed by atoms with Crippen molar-refractivity contribution in [3.05, 3.63) is 35.4 Å². The van der Waals surface area contributed by atoms with E-state index in [2.05, 4.69) is 4.74 Å². The highest BCUT2D eigenvalue weighted by Gasteiger charge is 2.47. The fraction of sp³-hybridized carbons (Fsp3) is 0.417. The number of ether oxygens (including phenoxy) is 1. The molecule has 0 fully saturated rings. The molecule has 0 saturated heterocycles. The number of aryl methyl sites for hydroxylation is 1. The summed E-state index contributed by atoms with van der Waals surface area (Å²) in [6, 6.07) is 4.59. The Labute approximate surface area is 98.6 Å². The van der Waals surface area contributed by atoms with Crippen LogP contribution in [0.5, 0.6) is 0 Å². The van der Waals surface area contributed by atoms with Gasteiger partial charge in [-0.3, -0.25) is 0 Å². The lowest BCUT2D eigenvalue weighted by molar-refractivity contribution is -0.174. The first-order chi connectivity index (χ1) is 7.89. The van der Waals surface area contributed by atoms with Crippen LogP contribution in [-0.2, 0) is 9.53 Å². The first-order valence-corrected chi connectivity index (χ1v) is 5.26. The monoisotopic (exact) mass is 243 g/mol. The highest BCUT2D eigenvalue weighted by Crippen LogP contribution is 2.30. The molecule has 0 radical (unpaired) electrons. The SMILES string of the molecule is CCOC(=O)C(F)(F)[C@@H](N)c1ccc(C)cc1. The Morgan fingerprint density at radius 2 is 1.94 bits per heavy atom. The molecule has 0 amide bonds. The quantitative estimate of drug-likeness (QED) is 0.825. The van der Waals surface area contributed by atoms with Crippen molar-refractivity contribution in [3.63, 3.8) is 0 Å². The van der Waals surface area contributed by atoms with Crippen LogP contribution < -0.4 is 5.73 Å². The van der Waals surface area contributed by atoms with Crippen molar-refractivity contribution in [2.75, 3.05) is 6.61 Å². The van der Waals surface area contributed by atoms with Gasteiger partial charge in [0.25, 0.3) is 0 Å². The number of hydrogen-bond acceptors (Lipinski definition) is 3. The van der Waals surface area contributed by atoms with Crippen LogP contribution in [0.25, 0.3) is 0 Å². The second-order valence-corrected chi connectivity index (χ2v) is 3.73. The predicted molar refractivity (Wildman–Crippen MR) is 59.7 cm³/mol. The predicted octanol–water partition coefficient (Wildman–Crippen LogP) is 2.19. The van der Waals surface area contributed by atoms with Gasteiger partial charge in [-0.05, 0) is 19.4 Å². The Bertz CT molecular complexity index is 390. The minimum atomic E-state index is -3.72. The number of esters is 1. The van der Waals surface area contributed by atoms with Gasteiger partial charge < -0.3 is 10.5 Å². The zero-order valence-electron chi connectivity index (χ0n) is 9.74. The van der Waals surface area contributed by atoms with Crippen LogP contribution in [0.15, 0.2) is 24.3 Å². The van der Waals surface area contributed by atoms with Crippen molar-refractivity contribution in [2.24, 2.45) is 5.73 Å². The van der Waals surface area contributed by atoms with Crippen LogP contribution in [0.3, 0.4) is 0 Å². The average molecular weight is 243 g/mol. The minimum absolute atomic E-state index is 0.102. The number of benzene rings is 1. The molecule has 1 atom stereocenters. The van der Waals surface area contributed by atoms with Gasteiger partial charge in [0.05, 0.1) is 6.61 Å². The minimum Gasteiger partial charge on any atom is -0.462 e. The zero-order chi connectivity index (χ0) is 13.1. The van der Waals surface area contributed by atoms with Crippen LogP contribution in [-0.4, -0.2) is 18.5 Å². The third-order valence-corrected chi connectivity index (χ3v) is 2.37. The molecule has 94 valence electrons. The Kier molecular flexibility index (Phi) is 4.17. The molecule has 0 heterocycles. The summed E-state index contributed by atoms with van der Waals surface area (Å²) in [4.78, 5) is 11.1. The number of rotatable bonds is 4. The fourth-order valence-electron chi connectivity index (χ4n) is 1.34.